The van der Waals surface area contributed by atoms with Gasteiger partial charge in [0.25, 0.3) is 0 Å². The van der Waals surface area contributed by atoms with E-state index in [1.807, 2.05) is 0 Å². The van der Waals surface area contributed by atoms with Gasteiger partial charge in [-0.15, -0.1) is 11.3 Å². The second-order valence-corrected chi connectivity index (χ2v) is 7.48. The van der Waals surface area contributed by atoms with Gasteiger partial charge in [-0.2, -0.15) is 18.2 Å². The van der Waals surface area contributed by atoms with Gasteiger partial charge >= 0.3 is 6.18 Å². The van der Waals surface area contributed by atoms with Gasteiger partial charge in [-0.25, -0.2) is 9.97 Å². The number of carbonyl (C=O) groups is 1. The Kier molecular flexibility index (Phi) is 4.98. The van der Waals surface area contributed by atoms with E-state index in [2.05, 4.69) is 15.0 Å². The van der Waals surface area contributed by atoms with Gasteiger partial charge < -0.3 is 4.74 Å². The number of halogens is 3. The number of aryl methyl sites for hydroxylation is 1. The third-order valence-electron chi connectivity index (χ3n) is 4.25. The molecule has 4 rings (SSSR count). The van der Waals surface area contributed by atoms with Crippen molar-refractivity contribution in [3.63, 3.8) is 0 Å². The maximum Gasteiger partial charge on any atom is 0.451 e. The van der Waals surface area contributed by atoms with Gasteiger partial charge in [0.05, 0.1) is 21.5 Å². The van der Waals surface area contributed by atoms with E-state index in [9.17, 15) is 18.0 Å². The molecular formula is C21H14F3N3O2S. The van der Waals surface area contributed by atoms with Crippen LogP contribution in [0.4, 0.5) is 13.2 Å². The first-order valence-corrected chi connectivity index (χ1v) is 9.64. The van der Waals surface area contributed by atoms with Gasteiger partial charge in [0.15, 0.2) is 5.78 Å². The van der Waals surface area contributed by atoms with Gasteiger partial charge in [0, 0.05) is 12.5 Å². The zero-order valence-electron chi connectivity index (χ0n) is 15.8. The number of rotatable bonds is 4. The molecule has 0 aliphatic heterocycles. The highest BCUT2D eigenvalue weighted by Gasteiger charge is 2.36. The number of benzene rings is 2. The number of Topliss-reactive ketones (excluding diaryl/α,β-unsaturated/α-hetero) is 1. The molecule has 0 atom stereocenters. The van der Waals surface area contributed by atoms with E-state index >= 15 is 0 Å². The highest BCUT2D eigenvalue weighted by atomic mass is 32.1. The number of ketones is 1. The number of carbonyl (C=O) groups excluding carboxylic acids is 1. The molecule has 0 aliphatic rings. The lowest BCUT2D eigenvalue weighted by molar-refractivity contribution is -0.144. The summed E-state index contributed by atoms with van der Waals surface area (Å²) < 4.78 is 45.1. The quantitative estimate of drug-likeness (QED) is 0.368. The molecule has 30 heavy (non-hydrogen) atoms. The first-order valence-electron chi connectivity index (χ1n) is 8.83. The third kappa shape index (κ3) is 3.88. The van der Waals surface area contributed by atoms with Crippen LogP contribution in [0.5, 0.6) is 11.6 Å². The molecule has 0 spiro atoms. The SMILES string of the molecule is CC(=O)c1sc(-c2ccc(Oc3nc(C(F)(F)F)nc4ccccc34)cc2)nc1C. The summed E-state index contributed by atoms with van der Waals surface area (Å²) in [6.45, 7) is 3.26. The number of nitrogens with zero attached hydrogens (tertiary/aromatic N) is 3. The van der Waals surface area contributed by atoms with Crippen molar-refractivity contribution < 1.29 is 22.7 Å². The molecule has 9 heteroatoms. The van der Waals surface area contributed by atoms with Crippen molar-refractivity contribution in [3.8, 4) is 22.2 Å². The van der Waals surface area contributed by atoms with Gasteiger partial charge in [-0.1, -0.05) is 12.1 Å². The van der Waals surface area contributed by atoms with Crippen LogP contribution in [-0.2, 0) is 6.18 Å². The number of fused-ring (bicyclic) bond motifs is 1. The zero-order valence-corrected chi connectivity index (χ0v) is 16.6. The van der Waals surface area contributed by atoms with Crippen molar-refractivity contribution in [2.45, 2.75) is 20.0 Å². The maximum absolute atomic E-state index is 13.2. The highest BCUT2D eigenvalue weighted by Crippen LogP contribution is 2.34. The van der Waals surface area contributed by atoms with Crippen LogP contribution in [0, 0.1) is 6.92 Å². The molecule has 0 saturated carbocycles. The van der Waals surface area contributed by atoms with Crippen LogP contribution >= 0.6 is 11.3 Å². The molecule has 0 fully saturated rings. The molecule has 5 nitrogen and oxygen atoms in total. The summed E-state index contributed by atoms with van der Waals surface area (Å²) in [6.07, 6.45) is -4.69. The molecule has 2 aromatic carbocycles. The number of para-hydroxylation sites is 1. The molecule has 0 radical (unpaired) electrons. The topological polar surface area (TPSA) is 65.0 Å². The van der Waals surface area contributed by atoms with Gasteiger partial charge in [-0.05, 0) is 43.3 Å². The molecule has 0 bridgehead atoms. The van der Waals surface area contributed by atoms with Crippen molar-refractivity contribution >= 4 is 28.0 Å². The van der Waals surface area contributed by atoms with E-state index in [0.717, 1.165) is 5.56 Å². The Morgan fingerprint density at radius 1 is 1.00 bits per heavy atom. The fraction of sp³-hybridized carbons (Fsp3) is 0.143. The van der Waals surface area contributed by atoms with Crippen LogP contribution < -0.4 is 4.74 Å². The van der Waals surface area contributed by atoms with Gasteiger partial charge in [0.2, 0.25) is 11.7 Å². The first kappa shape index (κ1) is 20.0. The molecule has 0 aliphatic carbocycles. The van der Waals surface area contributed by atoms with Crippen LogP contribution in [0.25, 0.3) is 21.5 Å². The Hall–Kier alpha value is -3.33. The summed E-state index contributed by atoms with van der Waals surface area (Å²) in [7, 11) is 0. The maximum atomic E-state index is 13.2. The van der Waals surface area contributed by atoms with E-state index in [4.69, 9.17) is 4.74 Å². The van der Waals surface area contributed by atoms with E-state index in [1.165, 1.54) is 24.3 Å². The smallest absolute Gasteiger partial charge is 0.438 e. The predicted molar refractivity (Wildman–Crippen MR) is 107 cm³/mol. The van der Waals surface area contributed by atoms with E-state index in [1.54, 1.807) is 49.4 Å². The molecular weight excluding hydrogens is 415 g/mol. The van der Waals surface area contributed by atoms with Crippen molar-refractivity contribution in [1.82, 2.24) is 15.0 Å². The molecule has 0 amide bonds. The monoisotopic (exact) mass is 429 g/mol. The number of alkyl halides is 3. The number of hydrogen-bond acceptors (Lipinski definition) is 6. The van der Waals surface area contributed by atoms with Crippen molar-refractivity contribution in [2.24, 2.45) is 0 Å². The second kappa shape index (κ2) is 7.49. The first-order chi connectivity index (χ1) is 14.2. The Labute approximate surface area is 173 Å². The van der Waals surface area contributed by atoms with Crippen LogP contribution in [-0.4, -0.2) is 20.7 Å². The number of aromatic nitrogens is 3. The highest BCUT2D eigenvalue weighted by molar-refractivity contribution is 7.17. The summed E-state index contributed by atoms with van der Waals surface area (Å²) in [5.74, 6) is -1.17. The molecule has 0 saturated heterocycles. The fourth-order valence-electron chi connectivity index (χ4n) is 2.88. The lowest BCUT2D eigenvalue weighted by Crippen LogP contribution is -2.11. The summed E-state index contributed by atoms with van der Waals surface area (Å²) in [5.41, 5.74) is 1.57. The minimum Gasteiger partial charge on any atom is -0.438 e. The molecule has 152 valence electrons. The summed E-state index contributed by atoms with van der Waals surface area (Å²) in [6, 6.07) is 13.0. The fourth-order valence-corrected chi connectivity index (χ4v) is 3.84. The van der Waals surface area contributed by atoms with E-state index in [-0.39, 0.29) is 17.2 Å². The largest absolute Gasteiger partial charge is 0.451 e. The van der Waals surface area contributed by atoms with E-state index in [0.29, 0.717) is 26.7 Å². The van der Waals surface area contributed by atoms with Crippen molar-refractivity contribution in [1.29, 1.82) is 0 Å². The van der Waals surface area contributed by atoms with Gasteiger partial charge in [-0.3, -0.25) is 4.79 Å². The third-order valence-corrected chi connectivity index (χ3v) is 5.56. The molecule has 2 heterocycles. The van der Waals surface area contributed by atoms with E-state index < -0.39 is 12.0 Å². The van der Waals surface area contributed by atoms with Crippen molar-refractivity contribution in [3.05, 3.63) is 64.9 Å². The summed E-state index contributed by atoms with van der Waals surface area (Å²) >= 11 is 1.29. The van der Waals surface area contributed by atoms with Gasteiger partial charge in [0.1, 0.15) is 10.8 Å². The Morgan fingerprint density at radius 3 is 2.33 bits per heavy atom. The predicted octanol–water partition coefficient (Wildman–Crippen LogP) is 6.08. The number of thiazole rings is 1. The Balaban J connectivity index is 1.68. The molecule has 0 N–H and O–H groups in total. The lowest BCUT2D eigenvalue weighted by Gasteiger charge is -2.11. The number of ether oxygens (including phenoxy) is 1. The standard InChI is InChI=1S/C21H14F3N3O2S/c1-11-17(12(2)28)30-19(25-11)13-7-9-14(10-8-13)29-18-15-5-3-4-6-16(15)26-20(27-18)21(22,23)24/h3-10H,1-2H3. The molecule has 2 aromatic heterocycles. The Bertz CT molecular complexity index is 1250. The second-order valence-electron chi connectivity index (χ2n) is 6.48. The zero-order chi connectivity index (χ0) is 21.5. The summed E-state index contributed by atoms with van der Waals surface area (Å²) in [4.78, 5) is 23.8. The van der Waals surface area contributed by atoms with Crippen LogP contribution in [0.1, 0.15) is 28.1 Å². The number of hydrogen-bond donors (Lipinski definition) is 0. The molecule has 0 unspecified atom stereocenters. The minimum absolute atomic E-state index is 0.0488. The lowest BCUT2D eigenvalue weighted by atomic mass is 10.2. The van der Waals surface area contributed by atoms with Crippen LogP contribution in [0.3, 0.4) is 0 Å². The normalized spacial score (nSPS) is 11.6. The Morgan fingerprint density at radius 2 is 1.70 bits per heavy atom. The summed E-state index contributed by atoms with van der Waals surface area (Å²) in [5, 5.41) is 1.05. The average Bonchev–Trinajstić information content (AvgIpc) is 3.10. The minimum atomic E-state index is -4.69. The average molecular weight is 429 g/mol. The van der Waals surface area contributed by atoms with Crippen molar-refractivity contribution in [2.75, 3.05) is 0 Å². The van der Waals surface area contributed by atoms with Crippen LogP contribution in [0.15, 0.2) is 48.5 Å². The van der Waals surface area contributed by atoms with Crippen LogP contribution in [0.2, 0.25) is 0 Å². The molecule has 4 aromatic rings.